The zero-order valence-corrected chi connectivity index (χ0v) is 8.59. The molecule has 80 valence electrons. The predicted molar refractivity (Wildman–Crippen MR) is 56.6 cm³/mol. The fourth-order valence-electron chi connectivity index (χ4n) is 1.07. The van der Waals surface area contributed by atoms with Crippen molar-refractivity contribution >= 4 is 5.91 Å². The zero-order chi connectivity index (χ0) is 10.6. The quantitative estimate of drug-likeness (QED) is 0.451. The van der Waals surface area contributed by atoms with Gasteiger partial charge in [-0.3, -0.25) is 4.79 Å². The summed E-state index contributed by atoms with van der Waals surface area (Å²) in [6.45, 7) is 0.854. The van der Waals surface area contributed by atoms with Crippen LogP contribution >= 0.6 is 0 Å². The molecule has 0 atom stereocenters. The lowest BCUT2D eigenvalue weighted by atomic mass is 10.2. The monoisotopic (exact) mass is 197 g/mol. The summed E-state index contributed by atoms with van der Waals surface area (Å²) in [4.78, 5) is 11.1. The number of aliphatic hydroxyl groups excluding tert-OH is 1. The lowest BCUT2D eigenvalue weighted by Gasteiger charge is -2.03. The minimum absolute atomic E-state index is 0.0833. The first-order chi connectivity index (χ1) is 6.81. The summed E-state index contributed by atoms with van der Waals surface area (Å²) in [5.41, 5.74) is 0. The molecule has 1 amide bonds. The van der Waals surface area contributed by atoms with Gasteiger partial charge in [0.15, 0.2) is 0 Å². The summed E-state index contributed by atoms with van der Waals surface area (Å²) in [6, 6.07) is 0. The molecule has 0 bridgehead atoms. The number of amides is 1. The molecule has 0 rings (SSSR count). The molecule has 0 heterocycles. The Morgan fingerprint density at radius 1 is 1.29 bits per heavy atom. The Morgan fingerprint density at radius 3 is 2.71 bits per heavy atom. The second-order valence-electron chi connectivity index (χ2n) is 3.19. The third kappa shape index (κ3) is 9.08. The van der Waals surface area contributed by atoms with Crippen molar-refractivity contribution in [1.29, 1.82) is 0 Å². The Hall–Kier alpha value is -1.01. The van der Waals surface area contributed by atoms with E-state index >= 15 is 0 Å². The van der Waals surface area contributed by atoms with Crippen LogP contribution in [0.4, 0.5) is 0 Å². The molecule has 14 heavy (non-hydrogen) atoms. The van der Waals surface area contributed by atoms with Crippen LogP contribution in [-0.2, 0) is 4.79 Å². The second-order valence-corrected chi connectivity index (χ2v) is 3.19. The van der Waals surface area contributed by atoms with Crippen molar-refractivity contribution in [2.75, 3.05) is 13.2 Å². The Morgan fingerprint density at radius 2 is 2.07 bits per heavy atom. The lowest BCUT2D eigenvalue weighted by molar-refractivity contribution is -0.121. The number of nitrogens with one attached hydrogen (secondary N) is 1. The van der Waals surface area contributed by atoms with Crippen LogP contribution in [0.3, 0.4) is 0 Å². The van der Waals surface area contributed by atoms with Gasteiger partial charge in [0, 0.05) is 26.0 Å². The van der Waals surface area contributed by atoms with Gasteiger partial charge < -0.3 is 10.4 Å². The lowest BCUT2D eigenvalue weighted by Crippen LogP contribution is -2.24. The Balaban J connectivity index is 3.16. The average Bonchev–Trinajstić information content (AvgIpc) is 2.19. The molecule has 0 aromatic carbocycles. The molecule has 0 saturated carbocycles. The van der Waals surface area contributed by atoms with Gasteiger partial charge in [0.05, 0.1) is 0 Å². The number of carbonyl (C=O) groups excluding carboxylic acids is 1. The predicted octanol–water partition coefficient (Wildman–Crippen LogP) is 1.07. The van der Waals surface area contributed by atoms with Crippen LogP contribution in [-0.4, -0.2) is 24.2 Å². The van der Waals surface area contributed by atoms with Crippen LogP contribution in [0, 0.1) is 12.3 Å². The van der Waals surface area contributed by atoms with Crippen molar-refractivity contribution in [1.82, 2.24) is 5.32 Å². The van der Waals surface area contributed by atoms with E-state index in [2.05, 4.69) is 11.2 Å². The summed E-state index contributed by atoms with van der Waals surface area (Å²) in [5, 5.41) is 11.3. The molecule has 3 nitrogen and oxygen atoms in total. The number of terminal acetylenes is 1. The molecule has 0 radical (unpaired) electrons. The van der Waals surface area contributed by atoms with Gasteiger partial charge in [-0.15, -0.1) is 12.3 Å². The van der Waals surface area contributed by atoms with E-state index < -0.39 is 0 Å². The van der Waals surface area contributed by atoms with Crippen LogP contribution in [0.5, 0.6) is 0 Å². The van der Waals surface area contributed by atoms with E-state index in [0.29, 0.717) is 13.0 Å². The number of unbranched alkanes of at least 4 members (excludes halogenated alkanes) is 3. The second kappa shape index (κ2) is 10.1. The highest BCUT2D eigenvalue weighted by Crippen LogP contribution is 1.98. The minimum atomic E-state index is 0.0833. The fraction of sp³-hybridized carbons (Fsp3) is 0.727. The molecular formula is C11H19NO2. The normalized spacial score (nSPS) is 9.43. The maximum atomic E-state index is 11.1. The van der Waals surface area contributed by atoms with Crippen LogP contribution < -0.4 is 5.32 Å². The molecule has 0 aromatic heterocycles. The third-order valence-corrected chi connectivity index (χ3v) is 1.88. The summed E-state index contributed by atoms with van der Waals surface area (Å²) in [5.74, 6) is 2.63. The van der Waals surface area contributed by atoms with Crippen LogP contribution in [0.25, 0.3) is 0 Å². The topological polar surface area (TPSA) is 49.3 Å². The summed E-state index contributed by atoms with van der Waals surface area (Å²) < 4.78 is 0. The Kier molecular flexibility index (Phi) is 9.35. The van der Waals surface area contributed by atoms with Gasteiger partial charge in [0.25, 0.3) is 0 Å². The molecule has 0 aromatic rings. The largest absolute Gasteiger partial charge is 0.396 e. The molecule has 0 aliphatic carbocycles. The van der Waals surface area contributed by atoms with E-state index in [1.807, 2.05) is 0 Å². The highest BCUT2D eigenvalue weighted by molar-refractivity contribution is 5.75. The van der Waals surface area contributed by atoms with Crippen molar-refractivity contribution in [2.45, 2.75) is 38.5 Å². The summed E-state index contributed by atoms with van der Waals surface area (Å²) >= 11 is 0. The first-order valence-corrected chi connectivity index (χ1v) is 5.12. The number of aliphatic hydroxyl groups is 1. The Labute approximate surface area is 85.9 Å². The van der Waals surface area contributed by atoms with E-state index in [1.165, 1.54) is 0 Å². The van der Waals surface area contributed by atoms with Gasteiger partial charge in [0.1, 0.15) is 0 Å². The van der Waals surface area contributed by atoms with E-state index in [0.717, 1.165) is 32.1 Å². The van der Waals surface area contributed by atoms with Crippen molar-refractivity contribution < 1.29 is 9.90 Å². The molecule has 0 unspecified atom stereocenters. The summed E-state index contributed by atoms with van der Waals surface area (Å²) in [6.07, 6.45) is 9.75. The van der Waals surface area contributed by atoms with Gasteiger partial charge in [-0.05, 0) is 25.7 Å². The number of hydrogen-bond acceptors (Lipinski definition) is 2. The maximum Gasteiger partial charge on any atom is 0.219 e. The zero-order valence-electron chi connectivity index (χ0n) is 8.59. The Bertz CT molecular complexity index is 184. The van der Waals surface area contributed by atoms with Crippen LogP contribution in [0.2, 0.25) is 0 Å². The maximum absolute atomic E-state index is 11.1. The molecule has 0 fully saturated rings. The minimum Gasteiger partial charge on any atom is -0.396 e. The van der Waals surface area contributed by atoms with Crippen molar-refractivity contribution in [2.24, 2.45) is 0 Å². The molecule has 3 heteroatoms. The van der Waals surface area contributed by atoms with Crippen molar-refractivity contribution in [3.8, 4) is 12.3 Å². The molecule has 0 spiro atoms. The highest BCUT2D eigenvalue weighted by Gasteiger charge is 1.98. The molecular weight excluding hydrogens is 178 g/mol. The van der Waals surface area contributed by atoms with Gasteiger partial charge in [0.2, 0.25) is 5.91 Å². The van der Waals surface area contributed by atoms with Crippen LogP contribution in [0.15, 0.2) is 0 Å². The average molecular weight is 197 g/mol. The van der Waals surface area contributed by atoms with Gasteiger partial charge >= 0.3 is 0 Å². The third-order valence-electron chi connectivity index (χ3n) is 1.88. The number of carbonyl (C=O) groups is 1. The standard InChI is InChI=1S/C11H19NO2/c1-2-3-4-5-8-11(14)12-9-6-7-10-13/h1,13H,3-10H2,(H,12,14). The number of hydrogen-bond donors (Lipinski definition) is 2. The molecule has 0 aliphatic rings. The molecule has 0 saturated heterocycles. The van der Waals surface area contributed by atoms with E-state index in [9.17, 15) is 4.79 Å². The molecule has 2 N–H and O–H groups in total. The first kappa shape index (κ1) is 13.0. The summed E-state index contributed by atoms with van der Waals surface area (Å²) in [7, 11) is 0. The molecule has 0 aliphatic heterocycles. The van der Waals surface area contributed by atoms with Crippen molar-refractivity contribution in [3.63, 3.8) is 0 Å². The van der Waals surface area contributed by atoms with E-state index in [1.54, 1.807) is 0 Å². The smallest absolute Gasteiger partial charge is 0.219 e. The van der Waals surface area contributed by atoms with Gasteiger partial charge in [-0.1, -0.05) is 0 Å². The van der Waals surface area contributed by atoms with Crippen LogP contribution in [0.1, 0.15) is 38.5 Å². The van der Waals surface area contributed by atoms with Gasteiger partial charge in [-0.25, -0.2) is 0 Å². The SMILES string of the molecule is C#CCCCCC(=O)NCCCCO. The fourth-order valence-corrected chi connectivity index (χ4v) is 1.07. The first-order valence-electron chi connectivity index (χ1n) is 5.12. The highest BCUT2D eigenvalue weighted by atomic mass is 16.2. The number of rotatable bonds is 8. The van der Waals surface area contributed by atoms with Crippen molar-refractivity contribution in [3.05, 3.63) is 0 Å². The van der Waals surface area contributed by atoms with Gasteiger partial charge in [-0.2, -0.15) is 0 Å². The van der Waals surface area contributed by atoms with E-state index in [4.69, 9.17) is 11.5 Å². The van der Waals surface area contributed by atoms with E-state index in [-0.39, 0.29) is 12.5 Å².